The van der Waals surface area contributed by atoms with E-state index in [0.29, 0.717) is 12.2 Å². The van der Waals surface area contributed by atoms with E-state index in [1.54, 1.807) is 18.4 Å². The molecule has 1 amide bonds. The van der Waals surface area contributed by atoms with Gasteiger partial charge in [-0.1, -0.05) is 25.0 Å². The number of hydrogen-bond donors (Lipinski definition) is 1. The van der Waals surface area contributed by atoms with Gasteiger partial charge in [0.05, 0.1) is 20.2 Å². The van der Waals surface area contributed by atoms with Crippen molar-refractivity contribution in [2.75, 3.05) is 13.7 Å². The second-order valence-corrected chi connectivity index (χ2v) is 9.60. The number of methoxy groups -OCH3 is 1. The Morgan fingerprint density at radius 1 is 1.22 bits per heavy atom. The van der Waals surface area contributed by atoms with Crippen LogP contribution >= 0.6 is 11.3 Å². The van der Waals surface area contributed by atoms with Crippen molar-refractivity contribution in [2.45, 2.75) is 57.8 Å². The van der Waals surface area contributed by atoms with Crippen molar-refractivity contribution in [3.8, 4) is 5.75 Å². The Labute approximate surface area is 192 Å². The summed E-state index contributed by atoms with van der Waals surface area (Å²) < 4.78 is 7.31. The van der Waals surface area contributed by atoms with Crippen LogP contribution in [0.1, 0.15) is 58.0 Å². The fourth-order valence-electron chi connectivity index (χ4n) is 4.74. The van der Waals surface area contributed by atoms with Crippen LogP contribution < -0.4 is 10.1 Å². The lowest BCUT2D eigenvalue weighted by atomic mass is 10.0. The molecule has 0 radical (unpaired) electrons. The molecule has 0 spiro atoms. The van der Waals surface area contributed by atoms with Crippen molar-refractivity contribution in [2.24, 2.45) is 0 Å². The number of benzene rings is 1. The summed E-state index contributed by atoms with van der Waals surface area (Å²) in [5.74, 6) is 0.809. The first-order valence-corrected chi connectivity index (χ1v) is 12.2. The third-order valence-corrected chi connectivity index (χ3v) is 7.22. The molecule has 8 heteroatoms. The highest BCUT2D eigenvalue weighted by Gasteiger charge is 2.30. The van der Waals surface area contributed by atoms with Gasteiger partial charge in [0.2, 0.25) is 0 Å². The minimum absolute atomic E-state index is 0.0299. The van der Waals surface area contributed by atoms with Crippen LogP contribution in [-0.2, 0) is 26.1 Å². The van der Waals surface area contributed by atoms with Gasteiger partial charge in [0, 0.05) is 48.4 Å². The maximum Gasteiger partial charge on any atom is 0.272 e. The molecule has 1 aliphatic heterocycles. The maximum absolute atomic E-state index is 13.2. The molecule has 2 aromatic heterocycles. The van der Waals surface area contributed by atoms with Gasteiger partial charge in [-0.2, -0.15) is 5.10 Å². The summed E-state index contributed by atoms with van der Waals surface area (Å²) in [4.78, 5) is 20.0. The van der Waals surface area contributed by atoms with Crippen LogP contribution in [0, 0.1) is 0 Å². The Bertz CT molecular complexity index is 1060. The fourth-order valence-corrected chi connectivity index (χ4v) is 5.40. The van der Waals surface area contributed by atoms with Gasteiger partial charge < -0.3 is 10.1 Å². The zero-order valence-electron chi connectivity index (χ0n) is 18.4. The molecule has 1 aromatic carbocycles. The SMILES string of the molecule is COc1ccc(Cn2nc(C(=O)NC3CCCC3)c3c2CCN(Cc2nccs2)C3)cc1. The van der Waals surface area contributed by atoms with Gasteiger partial charge in [-0.3, -0.25) is 14.4 Å². The third-order valence-electron chi connectivity index (χ3n) is 6.45. The standard InChI is InChI=1S/C24H29N5O2S/c1-31-19-8-6-17(7-9-19)14-29-21-10-12-28(16-22-25-11-13-32-22)15-20(21)23(27-29)24(30)26-18-4-2-3-5-18/h6-9,11,13,18H,2-5,10,12,14-16H2,1H3,(H,26,30). The van der Waals surface area contributed by atoms with Gasteiger partial charge in [0.15, 0.2) is 5.69 Å². The van der Waals surface area contributed by atoms with E-state index < -0.39 is 0 Å². The molecule has 32 heavy (non-hydrogen) atoms. The van der Waals surface area contributed by atoms with Crippen molar-refractivity contribution in [1.82, 2.24) is 25.0 Å². The smallest absolute Gasteiger partial charge is 0.272 e. The minimum Gasteiger partial charge on any atom is -0.497 e. The highest BCUT2D eigenvalue weighted by Crippen LogP contribution is 2.26. The first-order valence-electron chi connectivity index (χ1n) is 11.3. The molecule has 168 valence electrons. The summed E-state index contributed by atoms with van der Waals surface area (Å²) in [6.07, 6.45) is 7.24. The second kappa shape index (κ2) is 9.42. The molecular formula is C24H29N5O2S. The number of carbonyl (C=O) groups excluding carboxylic acids is 1. The van der Waals surface area contributed by atoms with Gasteiger partial charge in [0.25, 0.3) is 5.91 Å². The third kappa shape index (κ3) is 4.56. The van der Waals surface area contributed by atoms with E-state index in [9.17, 15) is 4.79 Å². The summed E-state index contributed by atoms with van der Waals surface area (Å²) >= 11 is 1.68. The summed E-state index contributed by atoms with van der Waals surface area (Å²) in [6.45, 7) is 3.12. The van der Waals surface area contributed by atoms with Gasteiger partial charge in [0.1, 0.15) is 10.8 Å². The molecule has 1 N–H and O–H groups in total. The normalized spacial score (nSPS) is 16.8. The Morgan fingerprint density at radius 3 is 2.75 bits per heavy atom. The Kier molecular flexibility index (Phi) is 6.23. The van der Waals surface area contributed by atoms with E-state index in [4.69, 9.17) is 9.84 Å². The Hall–Kier alpha value is -2.71. The number of fused-ring (bicyclic) bond motifs is 1. The van der Waals surface area contributed by atoms with Crippen LogP contribution in [0.5, 0.6) is 5.75 Å². The Morgan fingerprint density at radius 2 is 2.03 bits per heavy atom. The molecule has 3 heterocycles. The van der Waals surface area contributed by atoms with E-state index in [0.717, 1.165) is 60.8 Å². The molecule has 0 bridgehead atoms. The molecule has 1 saturated carbocycles. The van der Waals surface area contributed by atoms with Crippen molar-refractivity contribution in [3.63, 3.8) is 0 Å². The number of hydrogen-bond acceptors (Lipinski definition) is 6. The van der Waals surface area contributed by atoms with E-state index in [2.05, 4.69) is 27.3 Å². The molecule has 2 aliphatic rings. The number of rotatable bonds is 7. The zero-order valence-corrected chi connectivity index (χ0v) is 19.2. The Balaban J connectivity index is 1.41. The predicted molar refractivity (Wildman–Crippen MR) is 124 cm³/mol. The largest absolute Gasteiger partial charge is 0.497 e. The summed E-state index contributed by atoms with van der Waals surface area (Å²) in [7, 11) is 1.67. The summed E-state index contributed by atoms with van der Waals surface area (Å²) in [5.41, 5.74) is 3.97. The van der Waals surface area contributed by atoms with Crippen LogP contribution in [-0.4, -0.2) is 45.3 Å². The molecule has 3 aromatic rings. The molecule has 0 saturated heterocycles. The van der Waals surface area contributed by atoms with Crippen LogP contribution in [0.3, 0.4) is 0 Å². The van der Waals surface area contributed by atoms with E-state index in [1.165, 1.54) is 18.5 Å². The number of ether oxygens (including phenoxy) is 1. The van der Waals surface area contributed by atoms with Crippen molar-refractivity contribution >= 4 is 17.2 Å². The molecule has 1 aliphatic carbocycles. The number of nitrogens with zero attached hydrogens (tertiary/aromatic N) is 4. The monoisotopic (exact) mass is 451 g/mol. The molecule has 0 unspecified atom stereocenters. The van der Waals surface area contributed by atoms with Crippen molar-refractivity contribution < 1.29 is 9.53 Å². The van der Waals surface area contributed by atoms with Crippen LogP contribution in [0.25, 0.3) is 0 Å². The van der Waals surface area contributed by atoms with Crippen molar-refractivity contribution in [1.29, 1.82) is 0 Å². The van der Waals surface area contributed by atoms with Gasteiger partial charge in [-0.15, -0.1) is 11.3 Å². The van der Waals surface area contributed by atoms with Crippen LogP contribution in [0.4, 0.5) is 0 Å². The highest BCUT2D eigenvalue weighted by molar-refractivity contribution is 7.09. The summed E-state index contributed by atoms with van der Waals surface area (Å²) in [5, 5.41) is 11.2. The van der Waals surface area contributed by atoms with Crippen LogP contribution in [0.15, 0.2) is 35.8 Å². The maximum atomic E-state index is 13.2. The van der Waals surface area contributed by atoms with E-state index in [1.807, 2.05) is 28.4 Å². The fraction of sp³-hybridized carbons (Fsp3) is 0.458. The van der Waals surface area contributed by atoms with Crippen molar-refractivity contribution in [3.05, 3.63) is 63.4 Å². The lowest BCUT2D eigenvalue weighted by Crippen LogP contribution is -2.35. The van der Waals surface area contributed by atoms with Crippen LogP contribution in [0.2, 0.25) is 0 Å². The topological polar surface area (TPSA) is 72.3 Å². The molecule has 1 fully saturated rings. The lowest BCUT2D eigenvalue weighted by molar-refractivity contribution is 0.0929. The van der Waals surface area contributed by atoms with E-state index in [-0.39, 0.29) is 11.9 Å². The quantitative estimate of drug-likeness (QED) is 0.594. The first kappa shape index (κ1) is 21.2. The number of thiazole rings is 1. The molecule has 0 atom stereocenters. The number of carbonyl (C=O) groups is 1. The van der Waals surface area contributed by atoms with Gasteiger partial charge in [-0.05, 0) is 30.5 Å². The van der Waals surface area contributed by atoms with Gasteiger partial charge >= 0.3 is 0 Å². The lowest BCUT2D eigenvalue weighted by Gasteiger charge is -2.27. The minimum atomic E-state index is -0.0299. The highest BCUT2D eigenvalue weighted by atomic mass is 32.1. The zero-order chi connectivity index (χ0) is 21.9. The molecule has 5 rings (SSSR count). The summed E-state index contributed by atoms with van der Waals surface area (Å²) in [6, 6.07) is 8.33. The number of amides is 1. The number of aromatic nitrogens is 3. The van der Waals surface area contributed by atoms with E-state index >= 15 is 0 Å². The predicted octanol–water partition coefficient (Wildman–Crippen LogP) is 3.63. The number of nitrogens with one attached hydrogen (secondary N) is 1. The average molecular weight is 452 g/mol. The second-order valence-electron chi connectivity index (χ2n) is 8.62. The first-order chi connectivity index (χ1) is 15.7. The van der Waals surface area contributed by atoms with Gasteiger partial charge in [-0.25, -0.2) is 4.98 Å². The molecular weight excluding hydrogens is 422 g/mol. The molecule has 7 nitrogen and oxygen atoms in total. The average Bonchev–Trinajstić information content (AvgIpc) is 3.57.